The average Bonchev–Trinajstić information content (AvgIpc) is 3.05. The number of amides is 2. The molecule has 0 spiro atoms. The fraction of sp³-hybridized carbons (Fsp3) is 0.0667. The Morgan fingerprint density at radius 1 is 1.13 bits per heavy atom. The lowest BCUT2D eigenvalue weighted by Gasteiger charge is -2.06. The standard InChI is InChI=1S/C15H13ClN6O/c16-11-1-3-12(4-2-11)19-15(23)18-9-13-10-22(21-20-13)14-5-7-17-8-6-14/h1-8,10H,9H2,(H2,18,19,23). The predicted molar refractivity (Wildman–Crippen MR) is 86.5 cm³/mol. The smallest absolute Gasteiger partial charge is 0.319 e. The summed E-state index contributed by atoms with van der Waals surface area (Å²) >= 11 is 5.79. The van der Waals surface area contributed by atoms with Crippen LogP contribution in [0.2, 0.25) is 5.02 Å². The largest absolute Gasteiger partial charge is 0.332 e. The van der Waals surface area contributed by atoms with Gasteiger partial charge in [-0.3, -0.25) is 4.98 Å². The molecular formula is C15H13ClN6O. The van der Waals surface area contributed by atoms with E-state index in [0.29, 0.717) is 16.4 Å². The molecule has 0 saturated heterocycles. The van der Waals surface area contributed by atoms with E-state index >= 15 is 0 Å². The number of nitrogens with zero attached hydrogens (tertiary/aromatic N) is 4. The minimum atomic E-state index is -0.328. The molecule has 23 heavy (non-hydrogen) atoms. The summed E-state index contributed by atoms with van der Waals surface area (Å²) in [5, 5.41) is 14.1. The second kappa shape index (κ2) is 6.89. The Balaban J connectivity index is 1.55. The van der Waals surface area contributed by atoms with Crippen molar-refractivity contribution in [2.45, 2.75) is 6.54 Å². The first-order valence-corrected chi connectivity index (χ1v) is 7.20. The molecule has 8 heteroatoms. The fourth-order valence-corrected chi connectivity index (χ4v) is 2.01. The van der Waals surface area contributed by atoms with Crippen LogP contribution in [0.5, 0.6) is 0 Å². The van der Waals surface area contributed by atoms with Gasteiger partial charge in [0.05, 0.1) is 18.4 Å². The van der Waals surface area contributed by atoms with Crippen molar-refractivity contribution >= 4 is 23.3 Å². The molecule has 2 heterocycles. The lowest BCUT2D eigenvalue weighted by Crippen LogP contribution is -2.28. The second-order valence-corrected chi connectivity index (χ2v) is 5.11. The third kappa shape index (κ3) is 4.04. The molecule has 0 aliphatic carbocycles. The highest BCUT2D eigenvalue weighted by atomic mass is 35.5. The summed E-state index contributed by atoms with van der Waals surface area (Å²) in [6.07, 6.45) is 5.10. The minimum Gasteiger partial charge on any atom is -0.332 e. The van der Waals surface area contributed by atoms with Crippen LogP contribution in [-0.4, -0.2) is 26.0 Å². The van der Waals surface area contributed by atoms with Gasteiger partial charge in [-0.2, -0.15) is 0 Å². The molecule has 7 nitrogen and oxygen atoms in total. The molecule has 116 valence electrons. The molecule has 3 rings (SSSR count). The highest BCUT2D eigenvalue weighted by molar-refractivity contribution is 6.30. The molecule has 0 aliphatic heterocycles. The van der Waals surface area contributed by atoms with Gasteiger partial charge in [-0.25, -0.2) is 9.48 Å². The monoisotopic (exact) mass is 328 g/mol. The van der Waals surface area contributed by atoms with E-state index in [1.165, 1.54) is 0 Å². The molecule has 0 aliphatic rings. The molecule has 2 amide bonds. The molecule has 0 unspecified atom stereocenters. The number of halogens is 1. The maximum atomic E-state index is 11.8. The summed E-state index contributed by atoms with van der Waals surface area (Å²) in [5.74, 6) is 0. The Bertz CT molecular complexity index is 787. The van der Waals surface area contributed by atoms with Crippen LogP contribution in [0.25, 0.3) is 5.69 Å². The second-order valence-electron chi connectivity index (χ2n) is 4.67. The van der Waals surface area contributed by atoms with Crippen molar-refractivity contribution in [3.05, 3.63) is 65.7 Å². The molecule has 3 aromatic rings. The van der Waals surface area contributed by atoms with Gasteiger partial charge >= 0.3 is 6.03 Å². The number of carbonyl (C=O) groups is 1. The molecule has 0 fully saturated rings. The van der Waals surface area contributed by atoms with E-state index in [4.69, 9.17) is 11.6 Å². The number of pyridine rings is 1. The van der Waals surface area contributed by atoms with Crippen LogP contribution in [0.15, 0.2) is 55.0 Å². The van der Waals surface area contributed by atoms with E-state index in [9.17, 15) is 4.79 Å². The Morgan fingerprint density at radius 2 is 1.87 bits per heavy atom. The Labute approximate surface area is 137 Å². The number of hydrogen-bond donors (Lipinski definition) is 2. The molecule has 2 N–H and O–H groups in total. The average molecular weight is 329 g/mol. The van der Waals surface area contributed by atoms with Gasteiger partial charge in [-0.05, 0) is 36.4 Å². The van der Waals surface area contributed by atoms with Gasteiger partial charge in [-0.1, -0.05) is 16.8 Å². The van der Waals surface area contributed by atoms with Gasteiger partial charge in [-0.15, -0.1) is 5.10 Å². The van der Waals surface area contributed by atoms with Crippen molar-refractivity contribution in [2.24, 2.45) is 0 Å². The van der Waals surface area contributed by atoms with Gasteiger partial charge in [0, 0.05) is 23.1 Å². The molecule has 0 bridgehead atoms. The van der Waals surface area contributed by atoms with Crippen LogP contribution >= 0.6 is 11.6 Å². The Hall–Kier alpha value is -2.93. The van der Waals surface area contributed by atoms with Crippen LogP contribution < -0.4 is 10.6 Å². The fourth-order valence-electron chi connectivity index (χ4n) is 1.88. The van der Waals surface area contributed by atoms with Gasteiger partial charge in [0.2, 0.25) is 0 Å². The Morgan fingerprint density at radius 3 is 2.61 bits per heavy atom. The first-order chi connectivity index (χ1) is 11.2. The van der Waals surface area contributed by atoms with Crippen molar-refractivity contribution < 1.29 is 4.79 Å². The normalized spacial score (nSPS) is 10.3. The van der Waals surface area contributed by atoms with Crippen LogP contribution in [0, 0.1) is 0 Å². The zero-order valence-corrected chi connectivity index (χ0v) is 12.7. The molecule has 1 aromatic carbocycles. The quantitative estimate of drug-likeness (QED) is 0.771. The summed E-state index contributed by atoms with van der Waals surface area (Å²) in [6, 6.07) is 10.2. The lowest BCUT2D eigenvalue weighted by molar-refractivity contribution is 0.251. The van der Waals surface area contributed by atoms with E-state index in [-0.39, 0.29) is 12.6 Å². The number of benzene rings is 1. The molecule has 0 radical (unpaired) electrons. The number of aromatic nitrogens is 4. The topological polar surface area (TPSA) is 84.7 Å². The van der Waals surface area contributed by atoms with E-state index < -0.39 is 0 Å². The van der Waals surface area contributed by atoms with Gasteiger partial charge in [0.15, 0.2) is 0 Å². The third-order valence-electron chi connectivity index (χ3n) is 3.00. The Kier molecular flexibility index (Phi) is 4.49. The summed E-state index contributed by atoms with van der Waals surface area (Å²) < 4.78 is 1.62. The number of hydrogen-bond acceptors (Lipinski definition) is 4. The first-order valence-electron chi connectivity index (χ1n) is 6.83. The van der Waals surface area contributed by atoms with Crippen LogP contribution in [-0.2, 0) is 6.54 Å². The maximum Gasteiger partial charge on any atom is 0.319 e. The predicted octanol–water partition coefficient (Wildman–Crippen LogP) is 2.64. The highest BCUT2D eigenvalue weighted by Gasteiger charge is 2.05. The van der Waals surface area contributed by atoms with Crippen molar-refractivity contribution in [2.75, 3.05) is 5.32 Å². The van der Waals surface area contributed by atoms with Gasteiger partial charge in [0.1, 0.15) is 5.69 Å². The minimum absolute atomic E-state index is 0.268. The first kappa shape index (κ1) is 15.0. The summed E-state index contributed by atoms with van der Waals surface area (Å²) in [5.41, 5.74) is 2.16. The molecule has 0 saturated carbocycles. The summed E-state index contributed by atoms with van der Waals surface area (Å²) in [7, 11) is 0. The van der Waals surface area contributed by atoms with Crippen molar-refractivity contribution in [1.29, 1.82) is 0 Å². The van der Waals surface area contributed by atoms with E-state index in [2.05, 4.69) is 25.9 Å². The SMILES string of the molecule is O=C(NCc1cn(-c2ccncc2)nn1)Nc1ccc(Cl)cc1. The number of rotatable bonds is 4. The number of anilines is 1. The zero-order valence-electron chi connectivity index (χ0n) is 12.0. The van der Waals surface area contributed by atoms with E-state index in [1.54, 1.807) is 47.5 Å². The summed E-state index contributed by atoms with van der Waals surface area (Å²) in [6.45, 7) is 0.268. The maximum absolute atomic E-state index is 11.8. The highest BCUT2D eigenvalue weighted by Crippen LogP contribution is 2.13. The zero-order chi connectivity index (χ0) is 16.1. The lowest BCUT2D eigenvalue weighted by atomic mass is 10.3. The molecular weight excluding hydrogens is 316 g/mol. The van der Waals surface area contributed by atoms with Gasteiger partial charge in [0.25, 0.3) is 0 Å². The summed E-state index contributed by atoms with van der Waals surface area (Å²) in [4.78, 5) is 15.8. The van der Waals surface area contributed by atoms with Gasteiger partial charge < -0.3 is 10.6 Å². The van der Waals surface area contributed by atoms with Crippen molar-refractivity contribution in [3.63, 3.8) is 0 Å². The van der Waals surface area contributed by atoms with E-state index in [0.717, 1.165) is 5.69 Å². The number of carbonyl (C=O) groups excluding carboxylic acids is 1. The number of nitrogens with one attached hydrogen (secondary N) is 2. The van der Waals surface area contributed by atoms with Crippen molar-refractivity contribution in [3.8, 4) is 5.69 Å². The van der Waals surface area contributed by atoms with E-state index in [1.807, 2.05) is 12.1 Å². The number of urea groups is 1. The molecule has 2 aromatic heterocycles. The van der Waals surface area contributed by atoms with Crippen molar-refractivity contribution in [1.82, 2.24) is 25.3 Å². The van der Waals surface area contributed by atoms with Crippen LogP contribution in [0.4, 0.5) is 10.5 Å². The van der Waals surface area contributed by atoms with Crippen LogP contribution in [0.1, 0.15) is 5.69 Å². The third-order valence-corrected chi connectivity index (χ3v) is 3.25. The van der Waals surface area contributed by atoms with Crippen LogP contribution in [0.3, 0.4) is 0 Å². The molecule has 0 atom stereocenters.